The molecule has 7 N–H and O–H groups in total. The molecule has 0 spiro atoms. The first kappa shape index (κ1) is 18.9. The number of urea groups is 1. The topological polar surface area (TPSA) is 142 Å². The van der Waals surface area contributed by atoms with Gasteiger partial charge in [-0.1, -0.05) is 24.3 Å². The van der Waals surface area contributed by atoms with Gasteiger partial charge in [-0.25, -0.2) is 4.79 Å². The molecule has 0 unspecified atom stereocenters. The first-order valence-corrected chi connectivity index (χ1v) is 8.71. The molecule has 0 radical (unpaired) electrons. The molecule has 0 atom stereocenters. The summed E-state index contributed by atoms with van der Waals surface area (Å²) in [6.07, 6.45) is 0. The summed E-state index contributed by atoms with van der Waals surface area (Å²) in [5, 5.41) is 16.4. The fourth-order valence-corrected chi connectivity index (χ4v) is 2.64. The third kappa shape index (κ3) is 5.07. The Morgan fingerprint density at radius 2 is 1.79 bits per heavy atom. The molecule has 0 aliphatic carbocycles. The van der Waals surface area contributed by atoms with Crippen LogP contribution in [0.25, 0.3) is 0 Å². The van der Waals surface area contributed by atoms with Crippen LogP contribution >= 0.6 is 0 Å². The number of hydrogen-bond donors (Lipinski definition) is 5. The summed E-state index contributed by atoms with van der Waals surface area (Å²) < 4.78 is 0. The standard InChI is InChI=1S/C19H22N8O/c1-12(26-27-18(20)21)13-4-2-6-15(10-13)24-19(28)25-16-7-3-5-14(11-16)17-22-8-9-23-17/h2-7,10-11H,8-9H2,1H3,(H,22,23)(H4,20,21,27)(H2,24,25,28)/b26-12-. The number of amides is 2. The molecule has 0 fully saturated rings. The average Bonchev–Trinajstić information content (AvgIpc) is 3.21. The van der Waals surface area contributed by atoms with Gasteiger partial charge < -0.3 is 27.4 Å². The van der Waals surface area contributed by atoms with Crippen molar-refractivity contribution in [3.05, 3.63) is 59.7 Å². The molecule has 144 valence electrons. The van der Waals surface area contributed by atoms with Gasteiger partial charge in [-0.15, -0.1) is 5.10 Å². The Hall–Kier alpha value is -3.88. The number of benzene rings is 2. The first-order valence-electron chi connectivity index (χ1n) is 8.71. The van der Waals surface area contributed by atoms with Crippen LogP contribution in [-0.2, 0) is 0 Å². The van der Waals surface area contributed by atoms with Gasteiger partial charge in [0.25, 0.3) is 0 Å². The van der Waals surface area contributed by atoms with Crippen LogP contribution in [0.3, 0.4) is 0 Å². The first-order chi connectivity index (χ1) is 13.5. The number of anilines is 2. The number of hydrogen-bond acceptors (Lipinski definition) is 5. The Balaban J connectivity index is 1.67. The quantitative estimate of drug-likeness (QED) is 0.306. The van der Waals surface area contributed by atoms with Crippen molar-refractivity contribution in [3.63, 3.8) is 0 Å². The average molecular weight is 378 g/mol. The Morgan fingerprint density at radius 3 is 2.46 bits per heavy atom. The van der Waals surface area contributed by atoms with Gasteiger partial charge in [0, 0.05) is 23.5 Å². The van der Waals surface area contributed by atoms with Crippen molar-refractivity contribution in [1.29, 1.82) is 0 Å². The van der Waals surface area contributed by atoms with Crippen LogP contribution in [0.4, 0.5) is 16.2 Å². The number of carbonyl (C=O) groups is 1. The lowest BCUT2D eigenvalue weighted by molar-refractivity contribution is 0.262. The van der Waals surface area contributed by atoms with Gasteiger partial charge in [-0.3, -0.25) is 4.99 Å². The van der Waals surface area contributed by atoms with Crippen molar-refractivity contribution >= 4 is 34.9 Å². The predicted molar refractivity (Wildman–Crippen MR) is 113 cm³/mol. The molecule has 1 aliphatic rings. The van der Waals surface area contributed by atoms with Crippen LogP contribution in [0.1, 0.15) is 18.1 Å². The maximum atomic E-state index is 12.4. The Bertz CT molecular complexity index is 960. The van der Waals surface area contributed by atoms with E-state index >= 15 is 0 Å². The lowest BCUT2D eigenvalue weighted by atomic mass is 10.1. The maximum Gasteiger partial charge on any atom is 0.323 e. The molecule has 3 rings (SSSR count). The minimum atomic E-state index is -0.352. The lowest BCUT2D eigenvalue weighted by Crippen LogP contribution is -2.22. The van der Waals surface area contributed by atoms with E-state index in [0.717, 1.165) is 30.1 Å². The zero-order valence-electron chi connectivity index (χ0n) is 15.4. The van der Waals surface area contributed by atoms with Crippen molar-refractivity contribution in [2.45, 2.75) is 6.92 Å². The lowest BCUT2D eigenvalue weighted by Gasteiger charge is -2.10. The van der Waals surface area contributed by atoms with Gasteiger partial charge in [-0.2, -0.15) is 5.10 Å². The van der Waals surface area contributed by atoms with Crippen molar-refractivity contribution < 1.29 is 4.79 Å². The number of nitrogens with zero attached hydrogens (tertiary/aromatic N) is 3. The van der Waals surface area contributed by atoms with Crippen LogP contribution < -0.4 is 27.4 Å². The van der Waals surface area contributed by atoms with E-state index in [9.17, 15) is 4.79 Å². The number of aliphatic imine (C=N–C) groups is 1. The summed E-state index contributed by atoms with van der Waals surface area (Å²) in [7, 11) is 0. The second-order valence-corrected chi connectivity index (χ2v) is 6.11. The van der Waals surface area contributed by atoms with E-state index in [2.05, 4.69) is 31.1 Å². The number of guanidine groups is 1. The number of nitrogens with two attached hydrogens (primary N) is 2. The highest BCUT2D eigenvalue weighted by Crippen LogP contribution is 2.15. The third-order valence-electron chi connectivity index (χ3n) is 3.92. The monoisotopic (exact) mass is 378 g/mol. The van der Waals surface area contributed by atoms with Gasteiger partial charge in [0.15, 0.2) is 0 Å². The molecule has 2 aromatic rings. The zero-order valence-corrected chi connectivity index (χ0v) is 15.4. The van der Waals surface area contributed by atoms with Crippen LogP contribution in [0.2, 0.25) is 0 Å². The number of rotatable bonds is 5. The summed E-state index contributed by atoms with van der Waals surface area (Å²) in [5.41, 5.74) is 14.2. The zero-order chi connectivity index (χ0) is 19.9. The SMILES string of the molecule is C/C(=N/N=C(N)N)c1cccc(NC(=O)Nc2cccc(C3=NCCN3)c2)c1. The van der Waals surface area contributed by atoms with Gasteiger partial charge >= 0.3 is 6.03 Å². The summed E-state index contributed by atoms with van der Waals surface area (Å²) in [5.74, 6) is 0.723. The molecule has 0 bridgehead atoms. The second-order valence-electron chi connectivity index (χ2n) is 6.11. The van der Waals surface area contributed by atoms with Gasteiger partial charge in [-0.05, 0) is 36.8 Å². The highest BCUT2D eigenvalue weighted by Gasteiger charge is 2.10. The smallest absolute Gasteiger partial charge is 0.323 e. The van der Waals surface area contributed by atoms with Crippen LogP contribution in [-0.4, -0.2) is 36.6 Å². The van der Waals surface area contributed by atoms with E-state index in [1.807, 2.05) is 36.4 Å². The van der Waals surface area contributed by atoms with Crippen molar-refractivity contribution in [1.82, 2.24) is 5.32 Å². The van der Waals surface area contributed by atoms with Gasteiger partial charge in [0.1, 0.15) is 5.84 Å². The minimum Gasteiger partial charge on any atom is -0.369 e. The molecule has 9 nitrogen and oxygen atoms in total. The molecule has 9 heteroatoms. The molecule has 0 aromatic heterocycles. The minimum absolute atomic E-state index is 0.117. The number of amidine groups is 1. The number of carbonyl (C=O) groups excluding carboxylic acids is 1. The number of nitrogens with one attached hydrogen (secondary N) is 3. The molecule has 2 amide bonds. The fourth-order valence-electron chi connectivity index (χ4n) is 2.64. The second kappa shape index (κ2) is 8.67. The molecule has 28 heavy (non-hydrogen) atoms. The fraction of sp³-hybridized carbons (Fsp3) is 0.158. The van der Waals surface area contributed by atoms with Gasteiger partial charge in [0.05, 0.1) is 12.3 Å². The van der Waals surface area contributed by atoms with E-state index in [4.69, 9.17) is 11.5 Å². The van der Waals surface area contributed by atoms with E-state index in [-0.39, 0.29) is 12.0 Å². The normalized spacial score (nSPS) is 13.3. The van der Waals surface area contributed by atoms with E-state index < -0.39 is 0 Å². The molecule has 0 saturated heterocycles. The summed E-state index contributed by atoms with van der Waals surface area (Å²) in [6, 6.07) is 14.4. The molecule has 1 heterocycles. The largest absolute Gasteiger partial charge is 0.369 e. The van der Waals surface area contributed by atoms with E-state index in [1.54, 1.807) is 19.1 Å². The molecule has 2 aromatic carbocycles. The van der Waals surface area contributed by atoms with E-state index in [0.29, 0.717) is 17.1 Å². The van der Waals surface area contributed by atoms with Crippen LogP contribution in [0, 0.1) is 0 Å². The Morgan fingerprint density at radius 1 is 1.07 bits per heavy atom. The Labute approximate surface area is 162 Å². The van der Waals surface area contributed by atoms with Crippen molar-refractivity contribution in [2.24, 2.45) is 26.7 Å². The van der Waals surface area contributed by atoms with Crippen molar-refractivity contribution in [2.75, 3.05) is 23.7 Å². The Kier molecular flexibility index (Phi) is 5.85. The van der Waals surface area contributed by atoms with Crippen LogP contribution in [0.15, 0.2) is 63.7 Å². The molecule has 1 aliphatic heterocycles. The summed E-state index contributed by atoms with van der Waals surface area (Å²) in [6.45, 7) is 3.36. The molecule has 0 saturated carbocycles. The van der Waals surface area contributed by atoms with E-state index in [1.165, 1.54) is 0 Å². The summed E-state index contributed by atoms with van der Waals surface area (Å²) in [4.78, 5) is 16.7. The predicted octanol–water partition coefficient (Wildman–Crippen LogP) is 1.68. The third-order valence-corrected chi connectivity index (χ3v) is 3.92. The molecular formula is C19H22N8O. The summed E-state index contributed by atoms with van der Waals surface area (Å²) >= 11 is 0. The maximum absolute atomic E-state index is 12.4. The van der Waals surface area contributed by atoms with Crippen LogP contribution in [0.5, 0.6) is 0 Å². The highest BCUT2D eigenvalue weighted by atomic mass is 16.2. The molecular weight excluding hydrogens is 356 g/mol. The highest BCUT2D eigenvalue weighted by molar-refractivity contribution is 6.04. The van der Waals surface area contributed by atoms with Crippen molar-refractivity contribution in [3.8, 4) is 0 Å². The van der Waals surface area contributed by atoms with Gasteiger partial charge in [0.2, 0.25) is 5.96 Å².